The second kappa shape index (κ2) is 8.72. The molecule has 0 radical (unpaired) electrons. The SMILES string of the molecule is O=C(C1CC(=O)N(c2cccc(Cl)c2)C1)N1CCN(c2ccc(Cl)cc2[N+](=O)[O-])CC1. The standard InChI is InChI=1S/C21H20Cl2N4O4/c22-15-2-1-3-17(11-15)26-13-14(10-20(26)28)21(29)25-8-6-24(7-9-25)18-5-4-16(23)12-19(18)27(30)31/h1-5,11-12,14H,6-10,13H2. The second-order valence-corrected chi connectivity index (χ2v) is 8.46. The van der Waals surface area contributed by atoms with Gasteiger partial charge in [-0.1, -0.05) is 29.3 Å². The summed E-state index contributed by atoms with van der Waals surface area (Å²) in [6.07, 6.45) is 0.161. The van der Waals surface area contributed by atoms with Gasteiger partial charge in [-0.05, 0) is 30.3 Å². The summed E-state index contributed by atoms with van der Waals surface area (Å²) in [7, 11) is 0. The van der Waals surface area contributed by atoms with Crippen molar-refractivity contribution in [3.8, 4) is 0 Å². The Morgan fingerprint density at radius 3 is 2.42 bits per heavy atom. The first-order chi connectivity index (χ1) is 14.8. The Labute approximate surface area is 189 Å². The van der Waals surface area contributed by atoms with Crippen LogP contribution >= 0.6 is 23.2 Å². The minimum atomic E-state index is -0.451. The predicted octanol–water partition coefficient (Wildman–Crippen LogP) is 3.60. The third-order valence-corrected chi connectivity index (χ3v) is 6.13. The molecule has 0 bridgehead atoms. The van der Waals surface area contributed by atoms with Gasteiger partial charge >= 0.3 is 0 Å². The van der Waals surface area contributed by atoms with Crippen LogP contribution in [0.3, 0.4) is 0 Å². The number of carbonyl (C=O) groups is 2. The van der Waals surface area contributed by atoms with Crippen molar-refractivity contribution in [3.05, 3.63) is 62.6 Å². The third kappa shape index (κ3) is 4.45. The lowest BCUT2D eigenvalue weighted by Crippen LogP contribution is -2.50. The van der Waals surface area contributed by atoms with Crippen molar-refractivity contribution in [2.45, 2.75) is 6.42 Å². The average molecular weight is 463 g/mol. The Kier molecular flexibility index (Phi) is 6.02. The van der Waals surface area contributed by atoms with Gasteiger partial charge in [0.2, 0.25) is 11.8 Å². The van der Waals surface area contributed by atoms with Gasteiger partial charge in [0.1, 0.15) is 5.69 Å². The van der Waals surface area contributed by atoms with Gasteiger partial charge in [-0.3, -0.25) is 19.7 Å². The highest BCUT2D eigenvalue weighted by Crippen LogP contribution is 2.32. The lowest BCUT2D eigenvalue weighted by molar-refractivity contribution is -0.384. The summed E-state index contributed by atoms with van der Waals surface area (Å²) in [6, 6.07) is 11.6. The van der Waals surface area contributed by atoms with E-state index in [4.69, 9.17) is 23.2 Å². The molecule has 4 rings (SSSR count). The Bertz CT molecular complexity index is 1040. The van der Waals surface area contributed by atoms with Gasteiger partial charge in [0.25, 0.3) is 5.69 Å². The quantitative estimate of drug-likeness (QED) is 0.511. The van der Waals surface area contributed by atoms with Crippen LogP contribution in [0.2, 0.25) is 10.0 Å². The van der Waals surface area contributed by atoms with Gasteiger partial charge in [-0.25, -0.2) is 0 Å². The molecule has 2 amide bonds. The van der Waals surface area contributed by atoms with Crippen molar-refractivity contribution >= 4 is 52.1 Å². The molecule has 2 aliphatic rings. The van der Waals surface area contributed by atoms with Crippen molar-refractivity contribution in [2.75, 3.05) is 42.5 Å². The molecule has 0 spiro atoms. The van der Waals surface area contributed by atoms with Crippen LogP contribution in [0, 0.1) is 16.0 Å². The molecule has 162 valence electrons. The van der Waals surface area contributed by atoms with Crippen LogP contribution in [0.4, 0.5) is 17.1 Å². The van der Waals surface area contributed by atoms with E-state index in [9.17, 15) is 19.7 Å². The molecule has 2 fully saturated rings. The van der Waals surface area contributed by atoms with Crippen molar-refractivity contribution < 1.29 is 14.5 Å². The number of piperazine rings is 1. The van der Waals surface area contributed by atoms with E-state index in [2.05, 4.69) is 0 Å². The van der Waals surface area contributed by atoms with Crippen LogP contribution in [-0.4, -0.2) is 54.4 Å². The van der Waals surface area contributed by atoms with Crippen molar-refractivity contribution in [1.82, 2.24) is 4.90 Å². The fraction of sp³-hybridized carbons (Fsp3) is 0.333. The molecule has 2 saturated heterocycles. The van der Waals surface area contributed by atoms with E-state index in [1.165, 1.54) is 6.07 Å². The number of hydrogen-bond donors (Lipinski definition) is 0. The highest BCUT2D eigenvalue weighted by atomic mass is 35.5. The topological polar surface area (TPSA) is 87.0 Å². The molecule has 8 nitrogen and oxygen atoms in total. The minimum absolute atomic E-state index is 0.0502. The van der Waals surface area contributed by atoms with Crippen LogP contribution in [0.15, 0.2) is 42.5 Å². The number of nitro groups is 1. The van der Waals surface area contributed by atoms with Gasteiger partial charge in [0, 0.05) is 60.9 Å². The number of halogens is 2. The van der Waals surface area contributed by atoms with E-state index >= 15 is 0 Å². The maximum absolute atomic E-state index is 13.0. The zero-order chi connectivity index (χ0) is 22.1. The number of hydrogen-bond acceptors (Lipinski definition) is 5. The molecule has 31 heavy (non-hydrogen) atoms. The number of nitrogens with zero attached hydrogens (tertiary/aromatic N) is 4. The number of benzene rings is 2. The first-order valence-electron chi connectivity index (χ1n) is 9.87. The van der Waals surface area contributed by atoms with Crippen LogP contribution in [0.5, 0.6) is 0 Å². The number of amides is 2. The fourth-order valence-corrected chi connectivity index (χ4v) is 4.45. The molecule has 1 atom stereocenters. The number of rotatable bonds is 4. The van der Waals surface area contributed by atoms with Gasteiger partial charge in [0.15, 0.2) is 0 Å². The average Bonchev–Trinajstić information content (AvgIpc) is 3.15. The van der Waals surface area contributed by atoms with Crippen molar-refractivity contribution in [3.63, 3.8) is 0 Å². The second-order valence-electron chi connectivity index (χ2n) is 7.59. The summed E-state index contributed by atoms with van der Waals surface area (Å²) < 4.78 is 0. The van der Waals surface area contributed by atoms with Gasteiger partial charge in [-0.2, -0.15) is 0 Å². The Hall–Kier alpha value is -2.84. The van der Waals surface area contributed by atoms with E-state index < -0.39 is 10.8 Å². The molecular weight excluding hydrogens is 443 g/mol. The van der Waals surface area contributed by atoms with Crippen LogP contribution in [0.25, 0.3) is 0 Å². The monoisotopic (exact) mass is 462 g/mol. The summed E-state index contributed by atoms with van der Waals surface area (Å²) in [4.78, 5) is 41.6. The molecule has 0 N–H and O–H groups in total. The zero-order valence-corrected chi connectivity index (χ0v) is 18.1. The normalized spacial score (nSPS) is 19.1. The highest BCUT2D eigenvalue weighted by molar-refractivity contribution is 6.31. The molecular formula is C21H20Cl2N4O4. The van der Waals surface area contributed by atoms with Crippen LogP contribution in [0.1, 0.15) is 6.42 Å². The van der Waals surface area contributed by atoms with Crippen LogP contribution < -0.4 is 9.80 Å². The molecule has 2 aliphatic heterocycles. The lowest BCUT2D eigenvalue weighted by atomic mass is 10.1. The maximum Gasteiger partial charge on any atom is 0.294 e. The highest BCUT2D eigenvalue weighted by Gasteiger charge is 2.38. The molecule has 1 unspecified atom stereocenters. The van der Waals surface area contributed by atoms with E-state index in [1.54, 1.807) is 46.2 Å². The Morgan fingerprint density at radius 2 is 1.74 bits per heavy atom. The largest absolute Gasteiger partial charge is 0.362 e. The molecule has 2 aromatic carbocycles. The first kappa shape index (κ1) is 21.4. The van der Waals surface area contributed by atoms with E-state index in [0.717, 1.165) is 0 Å². The molecule has 0 aliphatic carbocycles. The number of carbonyl (C=O) groups excluding carboxylic acids is 2. The summed E-state index contributed by atoms with van der Waals surface area (Å²) in [5.41, 5.74) is 1.13. The molecule has 0 saturated carbocycles. The first-order valence-corrected chi connectivity index (χ1v) is 10.6. The van der Waals surface area contributed by atoms with Gasteiger partial charge in [0.05, 0.1) is 10.8 Å². The summed E-state index contributed by atoms with van der Waals surface area (Å²) >= 11 is 11.9. The minimum Gasteiger partial charge on any atom is -0.362 e. The Morgan fingerprint density at radius 1 is 1.03 bits per heavy atom. The Balaban J connectivity index is 1.40. The number of nitro benzene ring substituents is 1. The van der Waals surface area contributed by atoms with E-state index in [1.807, 2.05) is 4.90 Å². The number of anilines is 2. The van der Waals surface area contributed by atoms with E-state index in [0.29, 0.717) is 54.1 Å². The third-order valence-electron chi connectivity index (χ3n) is 5.66. The summed E-state index contributed by atoms with van der Waals surface area (Å²) in [5.74, 6) is -0.581. The van der Waals surface area contributed by atoms with Crippen LogP contribution in [-0.2, 0) is 9.59 Å². The molecule has 2 aromatic rings. The predicted molar refractivity (Wildman–Crippen MR) is 119 cm³/mol. The van der Waals surface area contributed by atoms with Crippen molar-refractivity contribution in [1.29, 1.82) is 0 Å². The molecule has 0 aromatic heterocycles. The van der Waals surface area contributed by atoms with Gasteiger partial charge in [-0.15, -0.1) is 0 Å². The zero-order valence-electron chi connectivity index (χ0n) is 16.5. The molecule has 2 heterocycles. The molecule has 10 heteroatoms. The fourth-order valence-electron chi connectivity index (χ4n) is 4.10. The smallest absolute Gasteiger partial charge is 0.294 e. The van der Waals surface area contributed by atoms with Gasteiger partial charge < -0.3 is 14.7 Å². The van der Waals surface area contributed by atoms with E-state index in [-0.39, 0.29) is 23.9 Å². The summed E-state index contributed by atoms with van der Waals surface area (Å²) in [5, 5.41) is 12.2. The summed E-state index contributed by atoms with van der Waals surface area (Å²) in [6.45, 7) is 2.11. The maximum atomic E-state index is 13.0. The van der Waals surface area contributed by atoms with Crippen molar-refractivity contribution in [2.24, 2.45) is 5.92 Å². The lowest BCUT2D eigenvalue weighted by Gasteiger charge is -2.36.